The fourth-order valence-electron chi connectivity index (χ4n) is 3.68. The lowest BCUT2D eigenvalue weighted by atomic mass is 9.97. The summed E-state index contributed by atoms with van der Waals surface area (Å²) < 4.78 is 4.15. The first-order chi connectivity index (χ1) is 14.3. The Kier molecular flexibility index (Phi) is 6.54. The maximum Gasteiger partial charge on any atom is 0.332 e. The van der Waals surface area contributed by atoms with Gasteiger partial charge in [-0.15, -0.1) is 0 Å². The van der Waals surface area contributed by atoms with Crippen LogP contribution in [0.2, 0.25) is 0 Å². The number of rotatable bonds is 8. The molecule has 30 heavy (non-hydrogen) atoms. The van der Waals surface area contributed by atoms with E-state index in [-0.39, 0.29) is 17.5 Å². The van der Waals surface area contributed by atoms with Crippen molar-refractivity contribution in [3.8, 4) is 0 Å². The van der Waals surface area contributed by atoms with Crippen molar-refractivity contribution in [1.82, 2.24) is 24.0 Å². The van der Waals surface area contributed by atoms with Crippen LogP contribution in [0.5, 0.6) is 0 Å². The largest absolute Gasteiger partial charge is 0.349 e. The predicted molar refractivity (Wildman–Crippen MR) is 116 cm³/mol. The van der Waals surface area contributed by atoms with Crippen LogP contribution in [0.25, 0.3) is 11.2 Å². The molecule has 2 aromatic heterocycles. The lowest BCUT2D eigenvalue weighted by Gasteiger charge is -2.21. The van der Waals surface area contributed by atoms with E-state index < -0.39 is 5.69 Å². The van der Waals surface area contributed by atoms with Gasteiger partial charge >= 0.3 is 5.69 Å². The highest BCUT2D eigenvalue weighted by Crippen LogP contribution is 2.21. The van der Waals surface area contributed by atoms with Crippen molar-refractivity contribution in [2.75, 3.05) is 0 Å². The molecule has 8 nitrogen and oxygen atoms in total. The monoisotopic (exact) mass is 411 g/mol. The number of fused-ring (bicyclic) bond motifs is 1. The third kappa shape index (κ3) is 4.53. The molecule has 1 unspecified atom stereocenters. The molecule has 1 amide bonds. The summed E-state index contributed by atoms with van der Waals surface area (Å²) in [5, 5.41) is 3.14. The van der Waals surface area contributed by atoms with Gasteiger partial charge in [0.25, 0.3) is 5.56 Å². The van der Waals surface area contributed by atoms with Gasteiger partial charge in [-0.1, -0.05) is 44.2 Å². The first kappa shape index (κ1) is 21.5. The van der Waals surface area contributed by atoms with Gasteiger partial charge in [0.1, 0.15) is 0 Å². The van der Waals surface area contributed by atoms with Crippen LogP contribution in [-0.2, 0) is 25.4 Å². The Bertz CT molecular complexity index is 1140. The zero-order valence-corrected chi connectivity index (χ0v) is 18.0. The Morgan fingerprint density at radius 2 is 1.80 bits per heavy atom. The molecule has 0 spiro atoms. The Hall–Kier alpha value is -3.16. The van der Waals surface area contributed by atoms with Crippen LogP contribution in [0.1, 0.15) is 44.7 Å². The Morgan fingerprint density at radius 3 is 2.47 bits per heavy atom. The van der Waals surface area contributed by atoms with E-state index >= 15 is 0 Å². The molecule has 0 aliphatic heterocycles. The average molecular weight is 412 g/mol. The second-order valence-corrected chi connectivity index (χ2v) is 8.08. The van der Waals surface area contributed by atoms with Crippen molar-refractivity contribution >= 4 is 17.1 Å². The average Bonchev–Trinajstić information content (AvgIpc) is 3.14. The summed E-state index contributed by atoms with van der Waals surface area (Å²) in [7, 11) is 3.04. The molecule has 0 aliphatic carbocycles. The summed E-state index contributed by atoms with van der Waals surface area (Å²) in [6, 6.07) is 9.97. The molecule has 2 heterocycles. The van der Waals surface area contributed by atoms with Crippen LogP contribution in [0.4, 0.5) is 0 Å². The van der Waals surface area contributed by atoms with Crippen molar-refractivity contribution in [3.63, 3.8) is 0 Å². The molecule has 0 fully saturated rings. The zero-order valence-electron chi connectivity index (χ0n) is 18.0. The van der Waals surface area contributed by atoms with Gasteiger partial charge in [-0.05, 0) is 24.3 Å². The first-order valence-corrected chi connectivity index (χ1v) is 10.2. The molecule has 0 bridgehead atoms. The van der Waals surface area contributed by atoms with Gasteiger partial charge in [0.15, 0.2) is 11.2 Å². The first-order valence-electron chi connectivity index (χ1n) is 10.2. The van der Waals surface area contributed by atoms with Crippen molar-refractivity contribution in [3.05, 3.63) is 63.1 Å². The molecule has 160 valence electrons. The van der Waals surface area contributed by atoms with Gasteiger partial charge in [-0.2, -0.15) is 0 Å². The normalized spacial score (nSPS) is 12.4. The summed E-state index contributed by atoms with van der Waals surface area (Å²) in [5.41, 5.74) is 1.05. The highest BCUT2D eigenvalue weighted by Gasteiger charge is 2.17. The smallest absolute Gasteiger partial charge is 0.332 e. The fraction of sp³-hybridized carbons (Fsp3) is 0.455. The van der Waals surface area contributed by atoms with E-state index in [1.54, 1.807) is 17.9 Å². The van der Waals surface area contributed by atoms with Gasteiger partial charge in [0, 0.05) is 27.1 Å². The van der Waals surface area contributed by atoms with E-state index in [0.717, 1.165) is 16.6 Å². The van der Waals surface area contributed by atoms with Crippen LogP contribution < -0.4 is 16.6 Å². The Balaban J connectivity index is 1.67. The fourth-order valence-corrected chi connectivity index (χ4v) is 3.68. The highest BCUT2D eigenvalue weighted by atomic mass is 16.2. The van der Waals surface area contributed by atoms with E-state index in [0.29, 0.717) is 36.5 Å². The number of aryl methyl sites for hydroxylation is 2. The highest BCUT2D eigenvalue weighted by molar-refractivity contribution is 5.76. The number of imidazole rings is 1. The maximum absolute atomic E-state index is 12.6. The van der Waals surface area contributed by atoms with Crippen molar-refractivity contribution in [2.24, 2.45) is 20.0 Å². The SMILES string of the molecule is CC(C)CC(NC(=O)CCCn1cnc2c1c(=O)n(C)c(=O)n2C)c1ccccc1. The summed E-state index contributed by atoms with van der Waals surface area (Å²) in [6.07, 6.45) is 3.32. The summed E-state index contributed by atoms with van der Waals surface area (Å²) in [5.74, 6) is 0.435. The van der Waals surface area contributed by atoms with Crippen molar-refractivity contribution in [2.45, 2.75) is 45.7 Å². The zero-order chi connectivity index (χ0) is 21.8. The van der Waals surface area contributed by atoms with E-state index in [1.807, 2.05) is 30.3 Å². The topological polar surface area (TPSA) is 90.9 Å². The number of carbonyl (C=O) groups excluding carboxylic acids is 1. The second-order valence-electron chi connectivity index (χ2n) is 8.08. The summed E-state index contributed by atoms with van der Waals surface area (Å²) >= 11 is 0. The molecule has 0 saturated carbocycles. The van der Waals surface area contributed by atoms with Crippen LogP contribution in [0.15, 0.2) is 46.2 Å². The molecule has 1 aromatic carbocycles. The Morgan fingerprint density at radius 1 is 1.10 bits per heavy atom. The molecule has 1 N–H and O–H groups in total. The van der Waals surface area contributed by atoms with E-state index in [9.17, 15) is 14.4 Å². The third-order valence-electron chi connectivity index (χ3n) is 5.26. The van der Waals surface area contributed by atoms with Gasteiger partial charge in [-0.3, -0.25) is 18.7 Å². The number of carbonyl (C=O) groups is 1. The summed E-state index contributed by atoms with van der Waals surface area (Å²) in [6.45, 7) is 4.75. The molecular weight excluding hydrogens is 382 g/mol. The van der Waals surface area contributed by atoms with E-state index in [1.165, 1.54) is 11.6 Å². The molecule has 0 radical (unpaired) electrons. The van der Waals surface area contributed by atoms with Crippen molar-refractivity contribution < 1.29 is 4.79 Å². The number of aromatic nitrogens is 4. The number of hydrogen-bond donors (Lipinski definition) is 1. The molecule has 1 atom stereocenters. The minimum Gasteiger partial charge on any atom is -0.349 e. The van der Waals surface area contributed by atoms with Crippen LogP contribution in [0.3, 0.4) is 0 Å². The standard InChI is InChI=1S/C22H29N5O3/c1-15(2)13-17(16-9-6-5-7-10-16)24-18(28)11-8-12-27-14-23-20-19(27)21(29)26(4)22(30)25(20)3/h5-7,9-10,14-15,17H,8,11-13H2,1-4H3,(H,24,28). The number of nitrogens with zero attached hydrogens (tertiary/aromatic N) is 4. The third-order valence-corrected chi connectivity index (χ3v) is 5.26. The molecule has 3 rings (SSSR count). The minimum atomic E-state index is -0.408. The Labute approximate surface area is 175 Å². The lowest BCUT2D eigenvalue weighted by Crippen LogP contribution is -2.37. The minimum absolute atomic E-state index is 0.0189. The molecule has 0 saturated heterocycles. The second kappa shape index (κ2) is 9.11. The van der Waals surface area contributed by atoms with E-state index in [4.69, 9.17) is 0 Å². The predicted octanol–water partition coefficient (Wildman–Crippen LogP) is 2.12. The molecular formula is C22H29N5O3. The van der Waals surface area contributed by atoms with Gasteiger partial charge < -0.3 is 9.88 Å². The maximum atomic E-state index is 12.6. The molecule has 8 heteroatoms. The van der Waals surface area contributed by atoms with Crippen LogP contribution in [0, 0.1) is 5.92 Å². The molecule has 0 aliphatic rings. The van der Waals surface area contributed by atoms with Crippen LogP contribution in [-0.4, -0.2) is 24.6 Å². The number of nitrogens with one attached hydrogen (secondary N) is 1. The quantitative estimate of drug-likeness (QED) is 0.615. The van der Waals surface area contributed by atoms with Crippen molar-refractivity contribution in [1.29, 1.82) is 0 Å². The number of benzene rings is 1. The number of hydrogen-bond acceptors (Lipinski definition) is 4. The van der Waals surface area contributed by atoms with E-state index in [2.05, 4.69) is 24.1 Å². The van der Waals surface area contributed by atoms with Gasteiger partial charge in [0.2, 0.25) is 5.91 Å². The number of amides is 1. The van der Waals surface area contributed by atoms with Gasteiger partial charge in [0.05, 0.1) is 12.4 Å². The van der Waals surface area contributed by atoms with Crippen LogP contribution >= 0.6 is 0 Å². The summed E-state index contributed by atoms with van der Waals surface area (Å²) in [4.78, 5) is 41.3. The molecule has 3 aromatic rings. The van der Waals surface area contributed by atoms with Gasteiger partial charge in [-0.25, -0.2) is 9.78 Å². The lowest BCUT2D eigenvalue weighted by molar-refractivity contribution is -0.122.